The van der Waals surface area contributed by atoms with Gasteiger partial charge in [-0.1, -0.05) is 56.3 Å². The standard InChI is InChI=1S/C33H39ClN6O3.C2H6/c1-4-23-17-29(28-10-9-24(18-30(28)34)25-7-5-13-35-19-25)33(42)40(21-31(41)36-20-27-8-6-14-39(27)3)32(23)38-22(2)37-26-11-15-43-16-12-26;1-2/h4-5,7,9-10,13,17-19,26-27,37H,2,6,8,11-12,14-16,20-21H2,1,3H3,(H,36,41);1-2H3/b23-4-,38-32+;. The number of pyridine rings is 1. The zero-order valence-corrected chi connectivity index (χ0v) is 27.6. The van der Waals surface area contributed by atoms with Crippen molar-refractivity contribution < 1.29 is 14.3 Å². The van der Waals surface area contributed by atoms with E-state index in [0.717, 1.165) is 43.4 Å². The summed E-state index contributed by atoms with van der Waals surface area (Å²) in [6, 6.07) is 9.87. The molecule has 0 aliphatic carbocycles. The first-order valence-corrected chi connectivity index (χ1v) is 16.2. The molecular weight excluding hydrogens is 588 g/mol. The van der Waals surface area contributed by atoms with Crippen LogP contribution >= 0.6 is 11.6 Å². The topological polar surface area (TPSA) is 99.2 Å². The van der Waals surface area contributed by atoms with Gasteiger partial charge in [-0.05, 0) is 70.0 Å². The Bertz CT molecular complexity index is 1450. The molecule has 0 spiro atoms. The van der Waals surface area contributed by atoms with E-state index in [4.69, 9.17) is 21.3 Å². The van der Waals surface area contributed by atoms with Crippen molar-refractivity contribution in [3.63, 3.8) is 0 Å². The number of hydrogen-bond donors (Lipinski definition) is 2. The Balaban J connectivity index is 0.00000226. The number of carbonyl (C=O) groups is 2. The van der Waals surface area contributed by atoms with Crippen molar-refractivity contribution in [3.05, 3.63) is 83.4 Å². The van der Waals surface area contributed by atoms with Gasteiger partial charge in [-0.2, -0.15) is 0 Å². The number of hydrogen-bond acceptors (Lipinski definition) is 7. The van der Waals surface area contributed by atoms with Crippen molar-refractivity contribution in [2.75, 3.05) is 39.9 Å². The third-order valence-corrected chi connectivity index (χ3v) is 8.51. The van der Waals surface area contributed by atoms with Gasteiger partial charge < -0.3 is 20.3 Å². The largest absolute Gasteiger partial charge is 0.381 e. The minimum Gasteiger partial charge on any atom is -0.381 e. The minimum absolute atomic E-state index is 0.182. The van der Waals surface area contributed by atoms with Crippen molar-refractivity contribution in [2.45, 2.75) is 58.5 Å². The number of amidine groups is 1. The fourth-order valence-corrected chi connectivity index (χ4v) is 5.99. The van der Waals surface area contributed by atoms with Crippen molar-refractivity contribution in [1.82, 2.24) is 25.4 Å². The summed E-state index contributed by atoms with van der Waals surface area (Å²) >= 11 is 6.79. The molecule has 3 aliphatic heterocycles. The molecule has 1 aromatic heterocycles. The number of ether oxygens (including phenoxy) is 1. The molecule has 9 nitrogen and oxygen atoms in total. The Kier molecular flexibility index (Phi) is 12.5. The van der Waals surface area contributed by atoms with Crippen LogP contribution in [0.1, 0.15) is 52.0 Å². The van der Waals surface area contributed by atoms with Crippen LogP contribution in [0.5, 0.6) is 0 Å². The van der Waals surface area contributed by atoms with Gasteiger partial charge in [0.05, 0.1) is 0 Å². The molecule has 2 aromatic rings. The molecule has 4 heterocycles. The van der Waals surface area contributed by atoms with E-state index in [9.17, 15) is 9.59 Å². The number of likely N-dealkylation sites (N-methyl/N-ethyl adjacent to an activating group) is 1. The van der Waals surface area contributed by atoms with Crippen molar-refractivity contribution in [1.29, 1.82) is 0 Å². The summed E-state index contributed by atoms with van der Waals surface area (Å²) in [6.07, 6.45) is 11.0. The highest BCUT2D eigenvalue weighted by molar-refractivity contribution is 6.38. The maximum absolute atomic E-state index is 14.2. The van der Waals surface area contributed by atoms with Gasteiger partial charge in [0.15, 0.2) is 0 Å². The number of carbonyl (C=O) groups excluding carboxylic acids is 2. The van der Waals surface area contributed by atoms with Crippen LogP contribution in [0.25, 0.3) is 16.7 Å². The lowest BCUT2D eigenvalue weighted by atomic mass is 9.94. The number of aliphatic imine (C=N–C) groups is 1. The van der Waals surface area contributed by atoms with E-state index in [0.29, 0.717) is 53.1 Å². The summed E-state index contributed by atoms with van der Waals surface area (Å²) < 4.78 is 5.47. The highest BCUT2D eigenvalue weighted by atomic mass is 35.5. The summed E-state index contributed by atoms with van der Waals surface area (Å²) in [5, 5.41) is 6.82. The van der Waals surface area contributed by atoms with Gasteiger partial charge in [-0.25, -0.2) is 4.99 Å². The number of amides is 2. The summed E-state index contributed by atoms with van der Waals surface area (Å²) in [7, 11) is 2.07. The number of nitrogens with one attached hydrogen (secondary N) is 2. The van der Waals surface area contributed by atoms with Gasteiger partial charge in [0, 0.05) is 71.5 Å². The maximum atomic E-state index is 14.2. The number of halogens is 1. The van der Waals surface area contributed by atoms with Crippen LogP contribution in [0.3, 0.4) is 0 Å². The zero-order valence-electron chi connectivity index (χ0n) is 26.8. The highest BCUT2D eigenvalue weighted by Crippen LogP contribution is 2.34. The molecular formula is C35H45ClN6O3. The average Bonchev–Trinajstić information content (AvgIpc) is 3.48. The first kappa shape index (κ1) is 34.1. The number of allylic oxidation sites excluding steroid dienone is 1. The van der Waals surface area contributed by atoms with Crippen LogP contribution in [-0.2, 0) is 14.3 Å². The second-order valence-corrected chi connectivity index (χ2v) is 11.5. The quantitative estimate of drug-likeness (QED) is 0.382. The smallest absolute Gasteiger partial charge is 0.260 e. The highest BCUT2D eigenvalue weighted by Gasteiger charge is 2.34. The third-order valence-electron chi connectivity index (χ3n) is 8.20. The van der Waals surface area contributed by atoms with Gasteiger partial charge in [0.25, 0.3) is 5.91 Å². The van der Waals surface area contributed by atoms with E-state index >= 15 is 0 Å². The number of nitrogens with zero attached hydrogens (tertiary/aromatic N) is 4. The molecule has 2 saturated heterocycles. The van der Waals surface area contributed by atoms with Gasteiger partial charge in [0.2, 0.25) is 5.91 Å². The number of likely N-dealkylation sites (tertiary alicyclic amines) is 1. The number of rotatable bonds is 9. The lowest BCUT2D eigenvalue weighted by Gasteiger charge is -2.31. The van der Waals surface area contributed by atoms with Crippen LogP contribution < -0.4 is 10.6 Å². The van der Waals surface area contributed by atoms with Crippen LogP contribution in [0.4, 0.5) is 0 Å². The summed E-state index contributed by atoms with van der Waals surface area (Å²) in [5.74, 6) is 0.200. The molecule has 0 saturated carbocycles. The molecule has 3 aliphatic rings. The average molecular weight is 633 g/mol. The van der Waals surface area contributed by atoms with Crippen LogP contribution in [0.2, 0.25) is 5.02 Å². The lowest BCUT2D eigenvalue weighted by molar-refractivity contribution is -0.128. The Labute approximate surface area is 272 Å². The molecule has 10 heteroatoms. The van der Waals surface area contributed by atoms with Gasteiger partial charge >= 0.3 is 0 Å². The Hall–Kier alpha value is -3.79. The fourth-order valence-electron chi connectivity index (χ4n) is 5.71. The molecule has 240 valence electrons. The fraction of sp³-hybridized carbons (Fsp3) is 0.429. The Morgan fingerprint density at radius 2 is 1.98 bits per heavy atom. The van der Waals surface area contributed by atoms with E-state index < -0.39 is 0 Å². The molecule has 2 N–H and O–H groups in total. The number of aromatic nitrogens is 1. The Morgan fingerprint density at radius 1 is 1.20 bits per heavy atom. The molecule has 45 heavy (non-hydrogen) atoms. The van der Waals surface area contributed by atoms with Crippen molar-refractivity contribution in [2.24, 2.45) is 4.99 Å². The van der Waals surface area contributed by atoms with E-state index in [1.54, 1.807) is 18.5 Å². The van der Waals surface area contributed by atoms with Gasteiger partial charge in [-0.15, -0.1) is 0 Å². The second-order valence-electron chi connectivity index (χ2n) is 11.1. The van der Waals surface area contributed by atoms with Crippen molar-refractivity contribution in [3.8, 4) is 11.1 Å². The Morgan fingerprint density at radius 3 is 2.62 bits per heavy atom. The summed E-state index contributed by atoms with van der Waals surface area (Å²) in [6.45, 7) is 12.7. The van der Waals surface area contributed by atoms with Crippen LogP contribution in [0, 0.1) is 0 Å². The molecule has 1 aromatic carbocycles. The predicted octanol–water partition coefficient (Wildman–Crippen LogP) is 5.45. The maximum Gasteiger partial charge on any atom is 0.260 e. The van der Waals surface area contributed by atoms with Crippen molar-refractivity contribution >= 4 is 34.8 Å². The molecule has 5 rings (SSSR count). The summed E-state index contributed by atoms with van der Waals surface area (Å²) in [4.78, 5) is 40.1. The third kappa shape index (κ3) is 8.69. The molecule has 1 unspecified atom stereocenters. The lowest BCUT2D eigenvalue weighted by Crippen LogP contribution is -2.48. The van der Waals surface area contributed by atoms with Gasteiger partial charge in [0.1, 0.15) is 18.2 Å². The van der Waals surface area contributed by atoms with Gasteiger partial charge in [-0.3, -0.25) is 19.5 Å². The van der Waals surface area contributed by atoms with E-state index in [1.165, 1.54) is 4.90 Å². The van der Waals surface area contributed by atoms with E-state index in [1.807, 2.05) is 57.2 Å². The molecule has 0 bridgehead atoms. The normalized spacial score (nSPS) is 20.9. The van der Waals surface area contributed by atoms with Crippen LogP contribution in [-0.4, -0.2) is 84.4 Å². The molecule has 0 radical (unpaired) electrons. The van der Waals surface area contributed by atoms with E-state index in [-0.39, 0.29) is 30.4 Å². The molecule has 1 atom stereocenters. The first-order chi connectivity index (χ1) is 21.8. The molecule has 2 fully saturated rings. The number of benzene rings is 1. The monoisotopic (exact) mass is 632 g/mol. The minimum atomic E-state index is -0.354. The zero-order chi connectivity index (χ0) is 32.3. The second kappa shape index (κ2) is 16.5. The molecule has 2 amide bonds. The van der Waals surface area contributed by atoms with E-state index in [2.05, 4.69) is 34.1 Å². The van der Waals surface area contributed by atoms with Crippen LogP contribution in [0.15, 0.2) is 77.8 Å². The SMILES string of the molecule is C=C(/N=C1\C(=C/C)C=C(c2ccc(-c3cccnc3)cc2Cl)C(=O)N1CC(=O)NCC1CCCN1C)NC1CCOCC1.CC. The predicted molar refractivity (Wildman–Crippen MR) is 182 cm³/mol. The first-order valence-electron chi connectivity index (χ1n) is 15.8. The summed E-state index contributed by atoms with van der Waals surface area (Å²) in [5.41, 5.74) is 3.48.